The Morgan fingerprint density at radius 1 is 1.12 bits per heavy atom. The Morgan fingerprint density at radius 2 is 1.88 bits per heavy atom. The number of hydrogen-bond donors (Lipinski definition) is 1. The van der Waals surface area contributed by atoms with Crippen LogP contribution in [-0.4, -0.2) is 12.5 Å². The Labute approximate surface area is 213 Å². The van der Waals surface area contributed by atoms with E-state index >= 15 is 0 Å². The predicted octanol–water partition coefficient (Wildman–Crippen LogP) is 7.24. The van der Waals surface area contributed by atoms with Crippen molar-refractivity contribution in [3.8, 4) is 17.6 Å². The molecule has 0 aliphatic carbocycles. The monoisotopic (exact) mass is 538 g/mol. The van der Waals surface area contributed by atoms with Crippen molar-refractivity contribution in [1.29, 1.82) is 5.26 Å². The molecule has 174 valence electrons. The number of anilines is 1. The number of rotatable bonds is 8. The molecule has 3 rings (SSSR count). The van der Waals surface area contributed by atoms with Crippen molar-refractivity contribution in [3.63, 3.8) is 0 Å². The van der Waals surface area contributed by atoms with Crippen LogP contribution in [0, 0.1) is 25.2 Å². The lowest BCUT2D eigenvalue weighted by Crippen LogP contribution is -2.13. The highest BCUT2D eigenvalue weighted by molar-refractivity contribution is 9.10. The zero-order chi connectivity index (χ0) is 24.7. The summed E-state index contributed by atoms with van der Waals surface area (Å²) < 4.78 is 12.6. The summed E-state index contributed by atoms with van der Waals surface area (Å²) in [4.78, 5) is 12.7. The second-order valence-corrected chi connectivity index (χ2v) is 8.83. The molecular weight excluding hydrogens is 516 g/mol. The molecule has 3 aromatic rings. The van der Waals surface area contributed by atoms with Gasteiger partial charge in [-0.3, -0.25) is 4.79 Å². The topological polar surface area (TPSA) is 71.3 Å². The first-order valence-corrected chi connectivity index (χ1v) is 11.8. The van der Waals surface area contributed by atoms with Crippen molar-refractivity contribution < 1.29 is 14.3 Å². The Morgan fingerprint density at radius 3 is 2.56 bits per heavy atom. The Hall–Kier alpha value is -3.27. The Balaban J connectivity index is 1.86. The van der Waals surface area contributed by atoms with Crippen LogP contribution in [0.15, 0.2) is 64.6 Å². The number of nitrogens with zero attached hydrogens (tertiary/aromatic N) is 1. The van der Waals surface area contributed by atoms with E-state index in [-0.39, 0.29) is 12.2 Å². The molecule has 0 fully saturated rings. The fourth-order valence-electron chi connectivity index (χ4n) is 3.17. The third-order valence-corrected chi connectivity index (χ3v) is 6.16. The lowest BCUT2D eigenvalue weighted by atomic mass is 10.1. The summed E-state index contributed by atoms with van der Waals surface area (Å²) in [5.41, 5.74) is 4.24. The zero-order valence-electron chi connectivity index (χ0n) is 19.1. The van der Waals surface area contributed by atoms with Crippen LogP contribution in [0.1, 0.15) is 29.2 Å². The van der Waals surface area contributed by atoms with Crippen molar-refractivity contribution in [2.45, 2.75) is 27.4 Å². The minimum Gasteiger partial charge on any atom is -0.490 e. The van der Waals surface area contributed by atoms with Crippen LogP contribution < -0.4 is 14.8 Å². The Kier molecular flexibility index (Phi) is 8.75. The summed E-state index contributed by atoms with van der Waals surface area (Å²) in [7, 11) is 0. The van der Waals surface area contributed by atoms with Gasteiger partial charge in [0.2, 0.25) is 0 Å². The van der Waals surface area contributed by atoms with Gasteiger partial charge in [0.15, 0.2) is 11.5 Å². The summed E-state index contributed by atoms with van der Waals surface area (Å²) >= 11 is 10.0. The first-order chi connectivity index (χ1) is 16.3. The van der Waals surface area contributed by atoms with Gasteiger partial charge in [0.25, 0.3) is 5.91 Å². The zero-order valence-corrected chi connectivity index (χ0v) is 21.5. The van der Waals surface area contributed by atoms with E-state index in [9.17, 15) is 10.1 Å². The molecule has 0 aliphatic rings. The normalized spacial score (nSPS) is 11.0. The second-order valence-electron chi connectivity index (χ2n) is 7.57. The number of carbonyl (C=O) groups excluding carboxylic acids is 1. The van der Waals surface area contributed by atoms with Crippen molar-refractivity contribution in [1.82, 2.24) is 0 Å². The van der Waals surface area contributed by atoms with Gasteiger partial charge in [-0.1, -0.05) is 51.8 Å². The molecule has 1 N–H and O–H groups in total. The third kappa shape index (κ3) is 6.40. The highest BCUT2D eigenvalue weighted by atomic mass is 79.9. The predicted molar refractivity (Wildman–Crippen MR) is 139 cm³/mol. The van der Waals surface area contributed by atoms with Gasteiger partial charge < -0.3 is 14.8 Å². The largest absolute Gasteiger partial charge is 0.490 e. The van der Waals surface area contributed by atoms with Gasteiger partial charge >= 0.3 is 0 Å². The molecule has 3 aromatic carbocycles. The molecule has 0 bridgehead atoms. The van der Waals surface area contributed by atoms with Crippen molar-refractivity contribution in [2.75, 3.05) is 11.9 Å². The first-order valence-electron chi connectivity index (χ1n) is 10.6. The summed E-state index contributed by atoms with van der Waals surface area (Å²) in [6.07, 6.45) is 1.47. The second kappa shape index (κ2) is 11.7. The SMILES string of the molecule is CCOc1cc(/C=C(\C#N)C(=O)Nc2ccc(C)c(C)c2)cc(Cl)c1OCc1ccccc1Br. The summed E-state index contributed by atoms with van der Waals surface area (Å²) in [6, 6.07) is 18.6. The van der Waals surface area contributed by atoms with E-state index in [2.05, 4.69) is 21.2 Å². The number of hydrogen-bond acceptors (Lipinski definition) is 4. The molecule has 1 amide bonds. The molecular formula is C27H24BrClN2O3. The molecule has 7 heteroatoms. The maximum atomic E-state index is 12.7. The molecule has 0 atom stereocenters. The lowest BCUT2D eigenvalue weighted by Gasteiger charge is -2.15. The van der Waals surface area contributed by atoms with Gasteiger partial charge in [-0.25, -0.2) is 0 Å². The third-order valence-electron chi connectivity index (χ3n) is 5.10. The van der Waals surface area contributed by atoms with E-state index in [4.69, 9.17) is 21.1 Å². The minimum atomic E-state index is -0.505. The molecule has 0 aliphatic heterocycles. The van der Waals surface area contributed by atoms with Gasteiger partial charge in [-0.05, 0) is 73.9 Å². The van der Waals surface area contributed by atoms with E-state index < -0.39 is 5.91 Å². The van der Waals surface area contributed by atoms with E-state index in [0.29, 0.717) is 34.4 Å². The number of nitrogens with one attached hydrogen (secondary N) is 1. The number of halogens is 2. The van der Waals surface area contributed by atoms with Crippen LogP contribution in [-0.2, 0) is 11.4 Å². The number of carbonyl (C=O) groups is 1. The van der Waals surface area contributed by atoms with Crippen LogP contribution in [0.5, 0.6) is 11.5 Å². The van der Waals surface area contributed by atoms with Crippen molar-refractivity contribution >= 4 is 45.2 Å². The van der Waals surface area contributed by atoms with E-state index in [1.165, 1.54) is 6.08 Å². The van der Waals surface area contributed by atoms with Crippen LogP contribution in [0.2, 0.25) is 5.02 Å². The maximum absolute atomic E-state index is 12.7. The van der Waals surface area contributed by atoms with E-state index in [1.54, 1.807) is 18.2 Å². The highest BCUT2D eigenvalue weighted by Crippen LogP contribution is 2.38. The fourth-order valence-corrected chi connectivity index (χ4v) is 3.85. The quantitative estimate of drug-likeness (QED) is 0.242. The molecule has 5 nitrogen and oxygen atoms in total. The smallest absolute Gasteiger partial charge is 0.266 e. The van der Waals surface area contributed by atoms with Crippen LogP contribution in [0.4, 0.5) is 5.69 Å². The molecule has 0 aromatic heterocycles. The summed E-state index contributed by atoms with van der Waals surface area (Å²) in [5.74, 6) is 0.323. The van der Waals surface area contributed by atoms with Crippen LogP contribution >= 0.6 is 27.5 Å². The molecule has 0 saturated carbocycles. The van der Waals surface area contributed by atoms with Gasteiger partial charge in [0.05, 0.1) is 11.6 Å². The molecule has 34 heavy (non-hydrogen) atoms. The lowest BCUT2D eigenvalue weighted by molar-refractivity contribution is -0.112. The standard InChI is InChI=1S/C27H24BrClN2O3/c1-4-33-25-14-19(13-24(29)26(25)34-16-20-7-5-6-8-23(20)28)12-21(15-30)27(32)31-22-10-9-17(2)18(3)11-22/h5-14H,4,16H2,1-3H3,(H,31,32)/b21-12+. The average Bonchev–Trinajstić information content (AvgIpc) is 2.80. The molecule has 0 radical (unpaired) electrons. The van der Waals surface area contributed by atoms with Gasteiger partial charge in [-0.15, -0.1) is 0 Å². The molecule has 0 heterocycles. The minimum absolute atomic E-state index is 0.0568. The van der Waals surface area contributed by atoms with Crippen molar-refractivity contribution in [3.05, 3.63) is 91.9 Å². The molecule has 0 unspecified atom stereocenters. The molecule has 0 spiro atoms. The average molecular weight is 540 g/mol. The van der Waals surface area contributed by atoms with E-state index in [1.807, 2.05) is 63.2 Å². The number of ether oxygens (including phenoxy) is 2. The number of benzene rings is 3. The van der Waals surface area contributed by atoms with Crippen molar-refractivity contribution in [2.24, 2.45) is 0 Å². The van der Waals surface area contributed by atoms with Gasteiger partial charge in [0.1, 0.15) is 18.2 Å². The highest BCUT2D eigenvalue weighted by Gasteiger charge is 2.15. The van der Waals surface area contributed by atoms with Gasteiger partial charge in [0, 0.05) is 15.7 Å². The maximum Gasteiger partial charge on any atom is 0.266 e. The Bertz CT molecular complexity index is 1280. The summed E-state index contributed by atoms with van der Waals surface area (Å²) in [6.45, 7) is 6.49. The fraction of sp³-hybridized carbons (Fsp3) is 0.185. The first kappa shape index (κ1) is 25.4. The number of nitriles is 1. The number of amides is 1. The molecule has 0 saturated heterocycles. The van der Waals surface area contributed by atoms with Crippen LogP contribution in [0.25, 0.3) is 6.08 Å². The van der Waals surface area contributed by atoms with Gasteiger partial charge in [-0.2, -0.15) is 5.26 Å². The summed E-state index contributed by atoms with van der Waals surface area (Å²) in [5, 5.41) is 12.7. The van der Waals surface area contributed by atoms with E-state index in [0.717, 1.165) is 21.2 Å². The number of aryl methyl sites for hydroxylation is 2. The van der Waals surface area contributed by atoms with Crippen LogP contribution in [0.3, 0.4) is 0 Å².